The third-order valence-electron chi connectivity index (χ3n) is 3.84. The summed E-state index contributed by atoms with van der Waals surface area (Å²) in [6.07, 6.45) is 3.43. The predicted octanol–water partition coefficient (Wildman–Crippen LogP) is 2.91. The van der Waals surface area contributed by atoms with Gasteiger partial charge in [-0.3, -0.25) is 11.3 Å². The highest BCUT2D eigenvalue weighted by Crippen LogP contribution is 2.39. The van der Waals surface area contributed by atoms with E-state index in [1.807, 2.05) is 0 Å². The van der Waals surface area contributed by atoms with Gasteiger partial charge < -0.3 is 0 Å². The first kappa shape index (κ1) is 12.5. The van der Waals surface area contributed by atoms with Gasteiger partial charge in [-0.15, -0.1) is 0 Å². The van der Waals surface area contributed by atoms with Crippen LogP contribution in [0.5, 0.6) is 0 Å². The van der Waals surface area contributed by atoms with Crippen molar-refractivity contribution in [2.24, 2.45) is 17.7 Å². The van der Waals surface area contributed by atoms with Gasteiger partial charge in [0.15, 0.2) is 11.6 Å². The summed E-state index contributed by atoms with van der Waals surface area (Å²) in [4.78, 5) is 0. The van der Waals surface area contributed by atoms with Crippen LogP contribution in [0.15, 0.2) is 18.2 Å². The molecule has 0 radical (unpaired) electrons. The van der Waals surface area contributed by atoms with Crippen molar-refractivity contribution in [3.63, 3.8) is 0 Å². The van der Waals surface area contributed by atoms with E-state index in [0.29, 0.717) is 11.8 Å². The minimum absolute atomic E-state index is 0.0948. The number of nitrogens with two attached hydrogens (primary N) is 1. The number of rotatable bonds is 3. The van der Waals surface area contributed by atoms with E-state index < -0.39 is 11.6 Å². The Morgan fingerprint density at radius 2 is 2.06 bits per heavy atom. The Labute approximate surface area is 100 Å². The van der Waals surface area contributed by atoms with E-state index in [2.05, 4.69) is 12.3 Å². The van der Waals surface area contributed by atoms with Crippen LogP contribution in [0.4, 0.5) is 8.78 Å². The first-order valence-corrected chi connectivity index (χ1v) is 6.04. The molecule has 1 aromatic carbocycles. The van der Waals surface area contributed by atoms with Gasteiger partial charge in [-0.25, -0.2) is 8.78 Å². The maximum atomic E-state index is 13.2. The highest BCUT2D eigenvalue weighted by molar-refractivity contribution is 5.22. The summed E-state index contributed by atoms with van der Waals surface area (Å²) < 4.78 is 26.1. The molecule has 3 N–H and O–H groups in total. The van der Waals surface area contributed by atoms with Crippen LogP contribution in [-0.2, 0) is 0 Å². The van der Waals surface area contributed by atoms with Crippen molar-refractivity contribution in [3.05, 3.63) is 35.4 Å². The summed E-state index contributed by atoms with van der Waals surface area (Å²) in [5.41, 5.74) is 3.48. The molecule has 0 amide bonds. The van der Waals surface area contributed by atoms with E-state index >= 15 is 0 Å². The van der Waals surface area contributed by atoms with Crippen LogP contribution >= 0.6 is 0 Å². The normalized spacial score (nSPS) is 26.1. The molecule has 0 bridgehead atoms. The van der Waals surface area contributed by atoms with Crippen LogP contribution in [0, 0.1) is 23.5 Å². The fraction of sp³-hybridized carbons (Fsp3) is 0.538. The van der Waals surface area contributed by atoms with E-state index in [0.717, 1.165) is 18.1 Å². The van der Waals surface area contributed by atoms with Crippen LogP contribution in [-0.4, -0.2) is 0 Å². The lowest BCUT2D eigenvalue weighted by molar-refractivity contribution is 0.303. The van der Waals surface area contributed by atoms with Crippen LogP contribution in [0.1, 0.15) is 37.8 Å². The van der Waals surface area contributed by atoms with Gasteiger partial charge in [0.1, 0.15) is 0 Å². The van der Waals surface area contributed by atoms with Gasteiger partial charge in [-0.05, 0) is 36.0 Å². The number of halogens is 2. The van der Waals surface area contributed by atoms with Crippen LogP contribution in [0.2, 0.25) is 0 Å². The van der Waals surface area contributed by atoms with Gasteiger partial charge in [-0.1, -0.05) is 25.8 Å². The summed E-state index contributed by atoms with van der Waals surface area (Å²) in [6, 6.07) is 3.91. The third kappa shape index (κ3) is 2.48. The molecule has 1 aromatic rings. The zero-order valence-electron chi connectivity index (χ0n) is 9.92. The van der Waals surface area contributed by atoms with Crippen LogP contribution < -0.4 is 11.3 Å². The predicted molar refractivity (Wildman–Crippen MR) is 62.9 cm³/mol. The SMILES string of the molecule is CC1CCCC1C(NN)c1ccc(F)c(F)c1. The Morgan fingerprint density at radius 3 is 2.59 bits per heavy atom. The maximum Gasteiger partial charge on any atom is 0.159 e. The Kier molecular flexibility index (Phi) is 3.74. The van der Waals surface area contributed by atoms with Crippen LogP contribution in [0.25, 0.3) is 0 Å². The number of benzene rings is 1. The Balaban J connectivity index is 2.25. The summed E-state index contributed by atoms with van der Waals surface area (Å²) in [5, 5.41) is 0. The molecule has 1 aliphatic rings. The maximum absolute atomic E-state index is 13.2. The molecule has 1 aliphatic carbocycles. The monoisotopic (exact) mass is 240 g/mol. The second kappa shape index (κ2) is 5.10. The third-order valence-corrected chi connectivity index (χ3v) is 3.84. The molecule has 0 spiro atoms. The summed E-state index contributed by atoms with van der Waals surface area (Å²) in [7, 11) is 0. The molecule has 1 fully saturated rings. The lowest BCUT2D eigenvalue weighted by Crippen LogP contribution is -2.34. The first-order chi connectivity index (χ1) is 8.13. The van der Waals surface area contributed by atoms with E-state index in [1.54, 1.807) is 6.07 Å². The lowest BCUT2D eigenvalue weighted by atomic mass is 9.86. The zero-order valence-corrected chi connectivity index (χ0v) is 9.92. The molecule has 0 heterocycles. The Hall–Kier alpha value is -1.00. The van der Waals surface area contributed by atoms with E-state index in [1.165, 1.54) is 18.9 Å². The molecule has 4 heteroatoms. The van der Waals surface area contributed by atoms with E-state index in [9.17, 15) is 8.78 Å². The molecule has 1 saturated carbocycles. The lowest BCUT2D eigenvalue weighted by Gasteiger charge is -2.26. The molecular formula is C13H18F2N2. The van der Waals surface area contributed by atoms with Crippen molar-refractivity contribution in [2.45, 2.75) is 32.2 Å². The van der Waals surface area contributed by atoms with Gasteiger partial charge in [-0.2, -0.15) is 0 Å². The van der Waals surface area contributed by atoms with Gasteiger partial charge in [0, 0.05) is 6.04 Å². The molecule has 94 valence electrons. The molecule has 2 nitrogen and oxygen atoms in total. The van der Waals surface area contributed by atoms with Gasteiger partial charge in [0.05, 0.1) is 0 Å². The smallest absolute Gasteiger partial charge is 0.159 e. The van der Waals surface area contributed by atoms with Crippen molar-refractivity contribution in [1.82, 2.24) is 5.43 Å². The van der Waals surface area contributed by atoms with Gasteiger partial charge in [0.2, 0.25) is 0 Å². The first-order valence-electron chi connectivity index (χ1n) is 6.04. The highest BCUT2D eigenvalue weighted by Gasteiger charge is 2.31. The summed E-state index contributed by atoms with van der Waals surface area (Å²) in [5.74, 6) is 4.89. The van der Waals surface area contributed by atoms with Crippen molar-refractivity contribution >= 4 is 0 Å². The van der Waals surface area contributed by atoms with Crippen molar-refractivity contribution < 1.29 is 8.78 Å². The highest BCUT2D eigenvalue weighted by atomic mass is 19.2. The molecule has 17 heavy (non-hydrogen) atoms. The molecule has 3 atom stereocenters. The number of hydrazine groups is 1. The summed E-state index contributed by atoms with van der Waals surface area (Å²) in [6.45, 7) is 2.18. The van der Waals surface area contributed by atoms with Crippen molar-refractivity contribution in [2.75, 3.05) is 0 Å². The second-order valence-corrected chi connectivity index (χ2v) is 4.89. The number of hydrogen-bond acceptors (Lipinski definition) is 2. The molecule has 0 aliphatic heterocycles. The summed E-state index contributed by atoms with van der Waals surface area (Å²) >= 11 is 0. The van der Waals surface area contributed by atoms with E-state index in [4.69, 9.17) is 5.84 Å². The Morgan fingerprint density at radius 1 is 1.29 bits per heavy atom. The number of nitrogens with one attached hydrogen (secondary N) is 1. The molecule has 0 aromatic heterocycles. The second-order valence-electron chi connectivity index (χ2n) is 4.89. The van der Waals surface area contributed by atoms with Crippen LogP contribution in [0.3, 0.4) is 0 Å². The van der Waals surface area contributed by atoms with E-state index in [-0.39, 0.29) is 6.04 Å². The topological polar surface area (TPSA) is 38.0 Å². The minimum atomic E-state index is -0.816. The zero-order chi connectivity index (χ0) is 12.4. The average Bonchev–Trinajstić information content (AvgIpc) is 2.71. The molecule has 3 unspecified atom stereocenters. The minimum Gasteiger partial charge on any atom is -0.271 e. The van der Waals surface area contributed by atoms with Crippen molar-refractivity contribution in [1.29, 1.82) is 0 Å². The number of hydrogen-bond donors (Lipinski definition) is 2. The molecule has 2 rings (SSSR count). The average molecular weight is 240 g/mol. The molecule has 0 saturated heterocycles. The van der Waals surface area contributed by atoms with Gasteiger partial charge >= 0.3 is 0 Å². The quantitative estimate of drug-likeness (QED) is 0.629. The van der Waals surface area contributed by atoms with Crippen molar-refractivity contribution in [3.8, 4) is 0 Å². The fourth-order valence-corrected chi connectivity index (χ4v) is 2.84. The largest absolute Gasteiger partial charge is 0.271 e. The Bertz CT molecular complexity index is 395. The fourth-order valence-electron chi connectivity index (χ4n) is 2.84. The standard InChI is InChI=1S/C13H18F2N2/c1-8-3-2-4-10(8)13(17-16)9-5-6-11(14)12(15)7-9/h5-8,10,13,17H,2-4,16H2,1H3. The molecular weight excluding hydrogens is 222 g/mol. The van der Waals surface area contributed by atoms with Gasteiger partial charge in [0.25, 0.3) is 0 Å².